The zero-order valence-electron chi connectivity index (χ0n) is 17.1. The Morgan fingerprint density at radius 3 is 2.43 bits per heavy atom. The highest BCUT2D eigenvalue weighted by Crippen LogP contribution is 2.32. The Labute approximate surface area is 174 Å². The van der Waals surface area contributed by atoms with Gasteiger partial charge >= 0.3 is 5.97 Å². The molecular formula is C23H23NO6. The van der Waals surface area contributed by atoms with Crippen molar-refractivity contribution in [3.63, 3.8) is 0 Å². The summed E-state index contributed by atoms with van der Waals surface area (Å²) in [5.74, 6) is 0.181. The Bertz CT molecular complexity index is 986. The van der Waals surface area contributed by atoms with Crippen molar-refractivity contribution < 1.29 is 28.6 Å². The van der Waals surface area contributed by atoms with Gasteiger partial charge in [-0.3, -0.25) is 9.59 Å². The second-order valence-electron chi connectivity index (χ2n) is 7.76. The van der Waals surface area contributed by atoms with E-state index in [-0.39, 0.29) is 25.1 Å². The first kappa shape index (κ1) is 21.1. The van der Waals surface area contributed by atoms with Crippen molar-refractivity contribution in [3.05, 3.63) is 59.7 Å². The average molecular weight is 409 g/mol. The Hall–Kier alpha value is -3.61. The summed E-state index contributed by atoms with van der Waals surface area (Å²) in [7, 11) is 0. The van der Waals surface area contributed by atoms with Crippen LogP contribution in [0, 0.1) is 5.41 Å². The number of carbonyl (C=O) groups excluding carboxylic acids is 3. The van der Waals surface area contributed by atoms with Gasteiger partial charge in [-0.1, -0.05) is 26.8 Å². The summed E-state index contributed by atoms with van der Waals surface area (Å²) in [5, 5.41) is 2.78. The number of anilines is 1. The van der Waals surface area contributed by atoms with Gasteiger partial charge in [-0.25, -0.2) is 4.79 Å². The lowest BCUT2D eigenvalue weighted by Gasteiger charge is -2.17. The first-order valence-electron chi connectivity index (χ1n) is 9.41. The molecule has 7 nitrogen and oxygen atoms in total. The SMILES string of the molecule is CC(C)(C)C(=O)Nc1ccc(C(=O)COC(=O)/C=C/c2ccc3c(c2)OCO3)cc1. The number of benzene rings is 2. The summed E-state index contributed by atoms with van der Waals surface area (Å²) in [5.41, 5.74) is 1.21. The van der Waals surface area contributed by atoms with Crippen molar-refractivity contribution in [1.82, 2.24) is 0 Å². The van der Waals surface area contributed by atoms with E-state index in [0.29, 0.717) is 22.7 Å². The number of nitrogens with one attached hydrogen (secondary N) is 1. The normalized spacial score (nSPS) is 12.6. The van der Waals surface area contributed by atoms with Crippen LogP contribution in [0.5, 0.6) is 11.5 Å². The van der Waals surface area contributed by atoms with Crippen LogP contribution in [0.15, 0.2) is 48.5 Å². The van der Waals surface area contributed by atoms with Gasteiger partial charge in [0.1, 0.15) is 0 Å². The number of ketones is 1. The molecule has 0 radical (unpaired) electrons. The Morgan fingerprint density at radius 1 is 1.03 bits per heavy atom. The van der Waals surface area contributed by atoms with E-state index in [0.717, 1.165) is 5.56 Å². The molecule has 1 N–H and O–H groups in total. The minimum Gasteiger partial charge on any atom is -0.454 e. The van der Waals surface area contributed by atoms with Crippen LogP contribution in [0.3, 0.4) is 0 Å². The Morgan fingerprint density at radius 2 is 1.73 bits per heavy atom. The van der Waals surface area contributed by atoms with Gasteiger partial charge in [0.05, 0.1) is 0 Å². The number of hydrogen-bond donors (Lipinski definition) is 1. The quantitative estimate of drug-likeness (QED) is 0.443. The molecule has 0 aliphatic carbocycles. The van der Waals surface area contributed by atoms with Crippen molar-refractivity contribution in [3.8, 4) is 11.5 Å². The maximum atomic E-state index is 12.2. The fourth-order valence-corrected chi connectivity index (χ4v) is 2.51. The van der Waals surface area contributed by atoms with Gasteiger partial charge in [0.2, 0.25) is 12.7 Å². The minimum atomic E-state index is -0.630. The molecule has 2 aromatic carbocycles. The van der Waals surface area contributed by atoms with Gasteiger partial charge in [0.25, 0.3) is 0 Å². The highest BCUT2D eigenvalue weighted by Gasteiger charge is 2.21. The van der Waals surface area contributed by atoms with Crippen LogP contribution in [0.25, 0.3) is 6.08 Å². The molecule has 0 atom stereocenters. The van der Waals surface area contributed by atoms with Gasteiger partial charge in [0.15, 0.2) is 23.9 Å². The van der Waals surface area contributed by atoms with E-state index < -0.39 is 11.4 Å². The average Bonchev–Trinajstić information content (AvgIpc) is 3.18. The zero-order valence-corrected chi connectivity index (χ0v) is 17.1. The van der Waals surface area contributed by atoms with E-state index >= 15 is 0 Å². The molecule has 0 bridgehead atoms. The number of rotatable bonds is 6. The molecule has 1 aliphatic rings. The molecule has 0 unspecified atom stereocenters. The topological polar surface area (TPSA) is 90.9 Å². The second kappa shape index (κ2) is 8.82. The highest BCUT2D eigenvalue weighted by atomic mass is 16.7. The lowest BCUT2D eigenvalue weighted by Crippen LogP contribution is -2.27. The van der Waals surface area contributed by atoms with Crippen molar-refractivity contribution >= 4 is 29.4 Å². The van der Waals surface area contributed by atoms with E-state index in [1.807, 2.05) is 20.8 Å². The Balaban J connectivity index is 1.50. The van der Waals surface area contributed by atoms with Gasteiger partial charge < -0.3 is 19.5 Å². The number of esters is 1. The summed E-state index contributed by atoms with van der Waals surface area (Å²) in [4.78, 5) is 36.1. The molecule has 3 rings (SSSR count). The molecule has 156 valence electrons. The van der Waals surface area contributed by atoms with Gasteiger partial charge in [-0.05, 0) is 48.0 Å². The van der Waals surface area contributed by atoms with Crippen molar-refractivity contribution in [2.75, 3.05) is 18.7 Å². The number of carbonyl (C=O) groups is 3. The highest BCUT2D eigenvalue weighted by molar-refractivity contribution is 6.00. The van der Waals surface area contributed by atoms with E-state index in [2.05, 4.69) is 5.32 Å². The number of Topliss-reactive ketones (excluding diaryl/α,β-unsaturated/α-hetero) is 1. The molecule has 0 aromatic heterocycles. The monoisotopic (exact) mass is 409 g/mol. The Kier molecular flexibility index (Phi) is 6.20. The third kappa shape index (κ3) is 5.47. The van der Waals surface area contributed by atoms with Crippen LogP contribution >= 0.6 is 0 Å². The van der Waals surface area contributed by atoms with Crippen molar-refractivity contribution in [1.29, 1.82) is 0 Å². The molecule has 1 heterocycles. The summed E-state index contributed by atoms with van der Waals surface area (Å²) in [6.07, 6.45) is 2.82. The van der Waals surface area contributed by atoms with Crippen molar-refractivity contribution in [2.24, 2.45) is 5.41 Å². The molecular weight excluding hydrogens is 386 g/mol. The lowest BCUT2D eigenvalue weighted by molar-refractivity contribution is -0.136. The number of hydrogen-bond acceptors (Lipinski definition) is 6. The molecule has 0 spiro atoms. The number of fused-ring (bicyclic) bond motifs is 1. The maximum absolute atomic E-state index is 12.2. The molecule has 2 aromatic rings. The molecule has 0 fully saturated rings. The minimum absolute atomic E-state index is 0.121. The van der Waals surface area contributed by atoms with Crippen LogP contribution in [0.1, 0.15) is 36.7 Å². The van der Waals surface area contributed by atoms with Crippen LogP contribution in [0.4, 0.5) is 5.69 Å². The summed E-state index contributed by atoms with van der Waals surface area (Å²) >= 11 is 0. The number of amides is 1. The predicted molar refractivity (Wildman–Crippen MR) is 111 cm³/mol. The van der Waals surface area contributed by atoms with Crippen LogP contribution < -0.4 is 14.8 Å². The molecule has 1 aliphatic heterocycles. The fraction of sp³-hybridized carbons (Fsp3) is 0.261. The number of ether oxygens (including phenoxy) is 3. The van der Waals surface area contributed by atoms with Crippen molar-refractivity contribution in [2.45, 2.75) is 20.8 Å². The van der Waals surface area contributed by atoms with Gasteiger partial charge in [-0.2, -0.15) is 0 Å². The first-order valence-corrected chi connectivity index (χ1v) is 9.41. The van der Waals surface area contributed by atoms with Gasteiger partial charge in [0, 0.05) is 22.7 Å². The van der Waals surface area contributed by atoms with Gasteiger partial charge in [-0.15, -0.1) is 0 Å². The van der Waals surface area contributed by atoms with Crippen LogP contribution in [-0.4, -0.2) is 31.1 Å². The fourth-order valence-electron chi connectivity index (χ4n) is 2.51. The van der Waals surface area contributed by atoms with Crippen LogP contribution in [0.2, 0.25) is 0 Å². The lowest BCUT2D eigenvalue weighted by atomic mass is 9.95. The smallest absolute Gasteiger partial charge is 0.331 e. The first-order chi connectivity index (χ1) is 14.2. The summed E-state index contributed by atoms with van der Waals surface area (Å²) in [6.45, 7) is 5.25. The predicted octanol–water partition coefficient (Wildman–Crippen LogP) is 3.84. The third-order valence-corrected chi connectivity index (χ3v) is 4.30. The van der Waals surface area contributed by atoms with E-state index in [9.17, 15) is 14.4 Å². The largest absolute Gasteiger partial charge is 0.454 e. The molecule has 7 heteroatoms. The second-order valence-corrected chi connectivity index (χ2v) is 7.76. The zero-order chi connectivity index (χ0) is 21.7. The molecule has 0 saturated carbocycles. The molecule has 1 amide bonds. The molecule has 30 heavy (non-hydrogen) atoms. The van der Waals surface area contributed by atoms with E-state index in [1.165, 1.54) is 6.08 Å². The van der Waals surface area contributed by atoms with E-state index in [1.54, 1.807) is 48.5 Å². The van der Waals surface area contributed by atoms with Crippen LogP contribution in [-0.2, 0) is 14.3 Å². The van der Waals surface area contributed by atoms with E-state index in [4.69, 9.17) is 14.2 Å². The third-order valence-electron chi connectivity index (χ3n) is 4.30. The summed E-state index contributed by atoms with van der Waals surface area (Å²) in [6, 6.07) is 11.7. The summed E-state index contributed by atoms with van der Waals surface area (Å²) < 4.78 is 15.5. The maximum Gasteiger partial charge on any atom is 0.331 e. The standard InChI is InChI=1S/C23H23NO6/c1-23(2,3)22(27)24-17-8-6-16(7-9-17)18(25)13-28-21(26)11-5-15-4-10-19-20(12-15)30-14-29-19/h4-12H,13-14H2,1-3H3,(H,24,27)/b11-5+. The molecule has 0 saturated heterocycles.